The number of hydrogen-bond donors (Lipinski definition) is 2. The summed E-state index contributed by atoms with van der Waals surface area (Å²) in [5, 5.41) is 1.01. The van der Waals surface area contributed by atoms with E-state index in [-0.39, 0.29) is 17.2 Å². The number of aromatic nitrogens is 1. The second-order valence-corrected chi connectivity index (χ2v) is 7.72. The maximum Gasteiger partial charge on any atom is 0.240 e. The van der Waals surface area contributed by atoms with Crippen molar-refractivity contribution in [2.45, 2.75) is 18.2 Å². The molecule has 0 saturated carbocycles. The molecule has 0 aliphatic rings. The number of hydrogen-bond acceptors (Lipinski definition) is 4. The molecule has 0 aliphatic heterocycles. The minimum Gasteiger partial charge on any atom is -0.497 e. The molecule has 1 aromatic heterocycles. The third-order valence-corrected chi connectivity index (χ3v) is 5.71. The fraction of sp³-hybridized carbons (Fsp3) is 0.211. The average molecular weight is 372 g/mol. The number of H-pyrrole nitrogens is 1. The second kappa shape index (κ2) is 7.31. The Balaban J connectivity index is 1.69. The van der Waals surface area contributed by atoms with E-state index in [0.29, 0.717) is 12.0 Å². The number of nitrogens with one attached hydrogen (secondary N) is 2. The van der Waals surface area contributed by atoms with Crippen molar-refractivity contribution < 1.29 is 17.9 Å². The summed E-state index contributed by atoms with van der Waals surface area (Å²) in [4.78, 5) is 14.6. The van der Waals surface area contributed by atoms with Gasteiger partial charge < -0.3 is 9.72 Å². The van der Waals surface area contributed by atoms with Crippen molar-refractivity contribution in [3.8, 4) is 5.75 Å². The van der Waals surface area contributed by atoms with Crippen molar-refractivity contribution in [1.29, 1.82) is 0 Å². The molecule has 3 rings (SSSR count). The van der Waals surface area contributed by atoms with E-state index in [4.69, 9.17) is 4.74 Å². The summed E-state index contributed by atoms with van der Waals surface area (Å²) in [6.45, 7) is 1.71. The van der Waals surface area contributed by atoms with Gasteiger partial charge in [0.1, 0.15) is 5.75 Å². The van der Waals surface area contributed by atoms with Crippen molar-refractivity contribution in [3.63, 3.8) is 0 Å². The lowest BCUT2D eigenvalue weighted by atomic mass is 10.1. The summed E-state index contributed by atoms with van der Waals surface area (Å²) in [7, 11) is -2.01. The lowest BCUT2D eigenvalue weighted by molar-refractivity contribution is 0.101. The molecule has 2 N–H and O–H groups in total. The number of ether oxygens (including phenoxy) is 1. The average Bonchev–Trinajstić information content (AvgIpc) is 3.04. The number of carbonyl (C=O) groups excluding carboxylic acids is 1. The summed E-state index contributed by atoms with van der Waals surface area (Å²) in [6, 6.07) is 11.6. The standard InChI is InChI=1S/C19H20N2O4S/c1-13(22)14-3-6-17(7-4-14)26(23,24)21-10-9-15-12-20-19-8-5-16(25-2)11-18(15)19/h3-8,11-12,20-21H,9-10H2,1-2H3. The Hall–Kier alpha value is -2.64. The molecule has 0 saturated heterocycles. The van der Waals surface area contributed by atoms with Gasteiger partial charge in [-0.05, 0) is 49.2 Å². The van der Waals surface area contributed by atoms with Gasteiger partial charge in [0.05, 0.1) is 12.0 Å². The molecular weight excluding hydrogens is 352 g/mol. The van der Waals surface area contributed by atoms with Crippen molar-refractivity contribution >= 4 is 26.7 Å². The molecule has 0 radical (unpaired) electrons. The molecule has 26 heavy (non-hydrogen) atoms. The van der Waals surface area contributed by atoms with Gasteiger partial charge in [-0.3, -0.25) is 4.79 Å². The minimum atomic E-state index is -3.62. The van der Waals surface area contributed by atoms with Gasteiger partial charge in [-0.2, -0.15) is 0 Å². The van der Waals surface area contributed by atoms with Crippen LogP contribution in [0.2, 0.25) is 0 Å². The molecule has 7 heteroatoms. The maximum atomic E-state index is 12.4. The zero-order valence-electron chi connectivity index (χ0n) is 14.6. The fourth-order valence-electron chi connectivity index (χ4n) is 2.76. The van der Waals surface area contributed by atoms with Crippen LogP contribution in [-0.4, -0.2) is 32.8 Å². The Morgan fingerprint density at radius 3 is 2.54 bits per heavy atom. The smallest absolute Gasteiger partial charge is 0.240 e. The van der Waals surface area contributed by atoms with Gasteiger partial charge in [0.25, 0.3) is 0 Å². The molecule has 136 valence electrons. The number of methoxy groups -OCH3 is 1. The largest absolute Gasteiger partial charge is 0.497 e. The predicted octanol–water partition coefficient (Wildman–Crippen LogP) is 2.90. The van der Waals surface area contributed by atoms with E-state index in [0.717, 1.165) is 22.2 Å². The lowest BCUT2D eigenvalue weighted by Gasteiger charge is -2.07. The Morgan fingerprint density at radius 2 is 1.88 bits per heavy atom. The van der Waals surface area contributed by atoms with E-state index in [1.165, 1.54) is 31.2 Å². The van der Waals surface area contributed by atoms with E-state index < -0.39 is 10.0 Å². The van der Waals surface area contributed by atoms with Gasteiger partial charge in [-0.25, -0.2) is 13.1 Å². The molecular formula is C19H20N2O4S. The highest BCUT2D eigenvalue weighted by Gasteiger charge is 2.14. The summed E-state index contributed by atoms with van der Waals surface area (Å²) in [5.41, 5.74) is 2.47. The molecule has 6 nitrogen and oxygen atoms in total. The van der Waals surface area contributed by atoms with Crippen LogP contribution < -0.4 is 9.46 Å². The third kappa shape index (κ3) is 3.79. The summed E-state index contributed by atoms with van der Waals surface area (Å²) < 4.78 is 32.6. The Bertz CT molecular complexity index is 1040. The molecule has 0 fully saturated rings. The molecule has 0 spiro atoms. The summed E-state index contributed by atoms with van der Waals surface area (Å²) >= 11 is 0. The first kappa shape index (κ1) is 18.2. The Labute approximate surface area is 152 Å². The van der Waals surface area contributed by atoms with Gasteiger partial charge in [0.15, 0.2) is 5.78 Å². The normalized spacial score (nSPS) is 11.6. The second-order valence-electron chi connectivity index (χ2n) is 5.95. The molecule has 2 aromatic carbocycles. The summed E-state index contributed by atoms with van der Waals surface area (Å²) in [6.07, 6.45) is 2.41. The van der Waals surface area contributed by atoms with Crippen LogP contribution in [0, 0.1) is 0 Å². The quantitative estimate of drug-likeness (QED) is 0.624. The first-order valence-corrected chi connectivity index (χ1v) is 9.64. The number of sulfonamides is 1. The fourth-order valence-corrected chi connectivity index (χ4v) is 3.80. The zero-order valence-corrected chi connectivity index (χ0v) is 15.4. The van der Waals surface area contributed by atoms with Crippen LogP contribution in [0.5, 0.6) is 5.75 Å². The van der Waals surface area contributed by atoms with E-state index in [2.05, 4.69) is 9.71 Å². The van der Waals surface area contributed by atoms with Gasteiger partial charge in [-0.1, -0.05) is 12.1 Å². The lowest BCUT2D eigenvalue weighted by Crippen LogP contribution is -2.26. The van der Waals surface area contributed by atoms with Crippen LogP contribution in [0.4, 0.5) is 0 Å². The van der Waals surface area contributed by atoms with Gasteiger partial charge in [-0.15, -0.1) is 0 Å². The third-order valence-electron chi connectivity index (χ3n) is 4.23. The Morgan fingerprint density at radius 1 is 1.15 bits per heavy atom. The highest BCUT2D eigenvalue weighted by Crippen LogP contribution is 2.23. The monoisotopic (exact) mass is 372 g/mol. The molecule has 0 amide bonds. The van der Waals surface area contributed by atoms with Crippen molar-refractivity contribution in [1.82, 2.24) is 9.71 Å². The molecule has 0 atom stereocenters. The number of ketones is 1. The van der Waals surface area contributed by atoms with Gasteiger partial charge in [0, 0.05) is 29.2 Å². The topological polar surface area (TPSA) is 88.3 Å². The number of benzene rings is 2. The highest BCUT2D eigenvalue weighted by atomic mass is 32.2. The first-order chi connectivity index (χ1) is 12.4. The van der Waals surface area contributed by atoms with Gasteiger partial charge >= 0.3 is 0 Å². The number of Topliss-reactive ketones (excluding diaryl/α,β-unsaturated/α-hetero) is 1. The van der Waals surface area contributed by atoms with Crippen LogP contribution in [0.1, 0.15) is 22.8 Å². The van der Waals surface area contributed by atoms with E-state index >= 15 is 0 Å². The number of rotatable bonds is 7. The van der Waals surface area contributed by atoms with Crippen LogP contribution in [-0.2, 0) is 16.4 Å². The SMILES string of the molecule is COc1ccc2[nH]cc(CCNS(=O)(=O)c3ccc(C(C)=O)cc3)c2c1. The molecule has 0 bridgehead atoms. The number of carbonyl (C=O) groups is 1. The zero-order chi connectivity index (χ0) is 18.7. The summed E-state index contributed by atoms with van der Waals surface area (Å²) in [5.74, 6) is 0.654. The first-order valence-electron chi connectivity index (χ1n) is 8.15. The molecule has 1 heterocycles. The van der Waals surface area contributed by atoms with E-state index in [1.807, 2.05) is 24.4 Å². The van der Waals surface area contributed by atoms with Crippen LogP contribution in [0.25, 0.3) is 10.9 Å². The van der Waals surface area contributed by atoms with Crippen LogP contribution in [0.15, 0.2) is 53.6 Å². The predicted molar refractivity (Wildman–Crippen MR) is 100 cm³/mol. The minimum absolute atomic E-state index is 0.100. The maximum absolute atomic E-state index is 12.4. The number of fused-ring (bicyclic) bond motifs is 1. The van der Waals surface area contributed by atoms with Crippen molar-refractivity contribution in [2.24, 2.45) is 0 Å². The number of aromatic amines is 1. The Kier molecular flexibility index (Phi) is 5.11. The molecule has 0 aliphatic carbocycles. The van der Waals surface area contributed by atoms with Crippen LogP contribution in [0.3, 0.4) is 0 Å². The van der Waals surface area contributed by atoms with Crippen molar-refractivity contribution in [3.05, 3.63) is 59.8 Å². The van der Waals surface area contributed by atoms with Crippen LogP contribution >= 0.6 is 0 Å². The van der Waals surface area contributed by atoms with Crippen molar-refractivity contribution in [2.75, 3.05) is 13.7 Å². The van der Waals surface area contributed by atoms with Gasteiger partial charge in [0.2, 0.25) is 10.0 Å². The van der Waals surface area contributed by atoms with E-state index in [9.17, 15) is 13.2 Å². The molecule has 3 aromatic rings. The van der Waals surface area contributed by atoms with E-state index in [1.54, 1.807) is 7.11 Å². The molecule has 0 unspecified atom stereocenters. The highest BCUT2D eigenvalue weighted by molar-refractivity contribution is 7.89.